The second kappa shape index (κ2) is 10.8. The molecule has 0 unspecified atom stereocenters. The van der Waals surface area contributed by atoms with E-state index in [4.69, 9.17) is 9.47 Å². The fourth-order valence-electron chi connectivity index (χ4n) is 2.75. The highest BCUT2D eigenvalue weighted by Crippen LogP contribution is 2.37. The molecule has 7 nitrogen and oxygen atoms in total. The average molecular weight is 433 g/mol. The van der Waals surface area contributed by atoms with Crippen molar-refractivity contribution in [2.45, 2.75) is 52.3 Å². The molecule has 1 aromatic carbocycles. The van der Waals surface area contributed by atoms with Crippen molar-refractivity contribution in [3.8, 4) is 0 Å². The van der Waals surface area contributed by atoms with Crippen molar-refractivity contribution in [1.29, 1.82) is 0 Å². The van der Waals surface area contributed by atoms with E-state index in [1.165, 1.54) is 14.0 Å². The maximum absolute atomic E-state index is 13.6. The van der Waals surface area contributed by atoms with Crippen molar-refractivity contribution < 1.29 is 41.8 Å². The normalized spacial score (nSPS) is 11.2. The number of esters is 2. The van der Waals surface area contributed by atoms with Crippen LogP contribution >= 0.6 is 0 Å². The molecule has 1 amide bonds. The SMILES string of the molecule is CCc1cc(C(=O)OC)c(N(CCCC(=O)OC)C(=O)OC(C)C)cc1C(F)(F)F. The first kappa shape index (κ1) is 25.3. The van der Waals surface area contributed by atoms with Gasteiger partial charge in [-0.05, 0) is 44.4 Å². The Kier molecular flexibility index (Phi) is 9.13. The number of carbonyl (C=O) groups is 3. The number of methoxy groups -OCH3 is 2. The lowest BCUT2D eigenvalue weighted by atomic mass is 9.98. The summed E-state index contributed by atoms with van der Waals surface area (Å²) < 4.78 is 55.2. The summed E-state index contributed by atoms with van der Waals surface area (Å²) in [6, 6.07) is 1.81. The third kappa shape index (κ3) is 6.64. The van der Waals surface area contributed by atoms with E-state index in [0.29, 0.717) is 0 Å². The van der Waals surface area contributed by atoms with Crippen LogP contribution in [0.25, 0.3) is 0 Å². The Balaban J connectivity index is 3.57. The monoisotopic (exact) mass is 433 g/mol. The van der Waals surface area contributed by atoms with Crippen LogP contribution < -0.4 is 4.90 Å². The van der Waals surface area contributed by atoms with Crippen molar-refractivity contribution in [3.05, 3.63) is 28.8 Å². The number of rotatable bonds is 8. The van der Waals surface area contributed by atoms with Gasteiger partial charge in [-0.1, -0.05) is 6.92 Å². The van der Waals surface area contributed by atoms with Crippen LogP contribution in [-0.2, 0) is 31.6 Å². The first-order valence-electron chi connectivity index (χ1n) is 9.33. The molecule has 0 aliphatic rings. The first-order valence-corrected chi connectivity index (χ1v) is 9.33. The molecule has 0 atom stereocenters. The smallest absolute Gasteiger partial charge is 0.416 e. The van der Waals surface area contributed by atoms with E-state index in [1.54, 1.807) is 13.8 Å². The number of carbonyl (C=O) groups excluding carboxylic acids is 3. The van der Waals surface area contributed by atoms with E-state index >= 15 is 0 Å². The minimum atomic E-state index is -4.70. The topological polar surface area (TPSA) is 82.1 Å². The van der Waals surface area contributed by atoms with Crippen LogP contribution in [0.5, 0.6) is 0 Å². The summed E-state index contributed by atoms with van der Waals surface area (Å²) in [5.41, 5.74) is -1.59. The molecule has 1 rings (SSSR count). The van der Waals surface area contributed by atoms with Gasteiger partial charge in [-0.25, -0.2) is 9.59 Å². The molecule has 0 saturated heterocycles. The van der Waals surface area contributed by atoms with Gasteiger partial charge in [0.25, 0.3) is 0 Å². The summed E-state index contributed by atoms with van der Waals surface area (Å²) in [4.78, 5) is 37.2. The minimum Gasteiger partial charge on any atom is -0.469 e. The minimum absolute atomic E-state index is 0.0118. The third-order valence-electron chi connectivity index (χ3n) is 4.15. The van der Waals surface area contributed by atoms with Gasteiger partial charge in [0.2, 0.25) is 0 Å². The second-order valence-corrected chi connectivity index (χ2v) is 6.63. The number of hydrogen-bond acceptors (Lipinski definition) is 6. The molecule has 30 heavy (non-hydrogen) atoms. The van der Waals surface area contributed by atoms with E-state index < -0.39 is 35.9 Å². The summed E-state index contributed by atoms with van der Waals surface area (Å²) in [5.74, 6) is -1.44. The fraction of sp³-hybridized carbons (Fsp3) is 0.550. The summed E-state index contributed by atoms with van der Waals surface area (Å²) >= 11 is 0. The Morgan fingerprint density at radius 1 is 1.10 bits per heavy atom. The molecular weight excluding hydrogens is 407 g/mol. The van der Waals surface area contributed by atoms with Crippen LogP contribution in [0.4, 0.5) is 23.7 Å². The van der Waals surface area contributed by atoms with Gasteiger partial charge in [0.05, 0.1) is 37.1 Å². The number of nitrogens with zero attached hydrogens (tertiary/aromatic N) is 1. The number of amides is 1. The number of ether oxygens (including phenoxy) is 3. The Labute approximate surface area is 173 Å². The van der Waals surface area contributed by atoms with Gasteiger partial charge in [0.1, 0.15) is 0 Å². The molecule has 0 fully saturated rings. The third-order valence-corrected chi connectivity index (χ3v) is 4.15. The highest BCUT2D eigenvalue weighted by Gasteiger charge is 2.36. The molecule has 0 aliphatic heterocycles. The summed E-state index contributed by atoms with van der Waals surface area (Å²) in [6.07, 6.45) is -6.19. The van der Waals surface area contributed by atoms with Crippen LogP contribution in [0.1, 0.15) is 55.1 Å². The predicted octanol–water partition coefficient (Wildman–Crippen LogP) is 4.36. The van der Waals surface area contributed by atoms with Gasteiger partial charge in [-0.2, -0.15) is 13.2 Å². The second-order valence-electron chi connectivity index (χ2n) is 6.63. The molecule has 0 aromatic heterocycles. The zero-order chi connectivity index (χ0) is 23.1. The zero-order valence-electron chi connectivity index (χ0n) is 17.6. The Morgan fingerprint density at radius 2 is 1.73 bits per heavy atom. The number of halogens is 3. The molecule has 0 saturated carbocycles. The molecule has 0 N–H and O–H groups in total. The van der Waals surface area contributed by atoms with Crippen molar-refractivity contribution in [2.75, 3.05) is 25.7 Å². The van der Waals surface area contributed by atoms with Crippen molar-refractivity contribution in [2.24, 2.45) is 0 Å². The molecule has 10 heteroatoms. The lowest BCUT2D eigenvalue weighted by molar-refractivity contribution is -0.140. The number of hydrogen-bond donors (Lipinski definition) is 0. The van der Waals surface area contributed by atoms with Crippen LogP contribution in [-0.4, -0.2) is 44.9 Å². The van der Waals surface area contributed by atoms with E-state index in [2.05, 4.69) is 4.74 Å². The maximum atomic E-state index is 13.6. The van der Waals surface area contributed by atoms with Gasteiger partial charge in [-0.3, -0.25) is 9.69 Å². The molecule has 0 heterocycles. The van der Waals surface area contributed by atoms with Crippen molar-refractivity contribution >= 4 is 23.7 Å². The highest BCUT2D eigenvalue weighted by molar-refractivity contribution is 6.01. The van der Waals surface area contributed by atoms with E-state index in [1.807, 2.05) is 0 Å². The number of aryl methyl sites for hydroxylation is 1. The van der Waals surface area contributed by atoms with Crippen LogP contribution in [0, 0.1) is 0 Å². The molecule has 0 spiro atoms. The maximum Gasteiger partial charge on any atom is 0.416 e. The summed E-state index contributed by atoms with van der Waals surface area (Å²) in [7, 11) is 2.28. The van der Waals surface area contributed by atoms with E-state index in [9.17, 15) is 27.6 Å². The Hall–Kier alpha value is -2.78. The molecule has 168 valence electrons. The summed E-state index contributed by atoms with van der Waals surface area (Å²) in [6.45, 7) is 4.50. The van der Waals surface area contributed by atoms with E-state index in [0.717, 1.165) is 24.1 Å². The van der Waals surface area contributed by atoms with Crippen LogP contribution in [0.3, 0.4) is 0 Å². The van der Waals surface area contributed by atoms with Gasteiger partial charge in [-0.15, -0.1) is 0 Å². The van der Waals surface area contributed by atoms with Crippen LogP contribution in [0.15, 0.2) is 12.1 Å². The quantitative estimate of drug-likeness (QED) is 0.448. The lowest BCUT2D eigenvalue weighted by Crippen LogP contribution is -2.36. The Bertz CT molecular complexity index is 777. The molecular formula is C20H26F3NO6. The van der Waals surface area contributed by atoms with Gasteiger partial charge < -0.3 is 14.2 Å². The van der Waals surface area contributed by atoms with Crippen LogP contribution in [0.2, 0.25) is 0 Å². The first-order chi connectivity index (χ1) is 14.0. The highest BCUT2D eigenvalue weighted by atomic mass is 19.4. The Morgan fingerprint density at radius 3 is 2.20 bits per heavy atom. The molecule has 0 bridgehead atoms. The summed E-state index contributed by atoms with van der Waals surface area (Å²) in [5, 5.41) is 0. The largest absolute Gasteiger partial charge is 0.469 e. The van der Waals surface area contributed by atoms with Crippen molar-refractivity contribution in [1.82, 2.24) is 0 Å². The van der Waals surface area contributed by atoms with Crippen molar-refractivity contribution in [3.63, 3.8) is 0 Å². The van der Waals surface area contributed by atoms with E-state index in [-0.39, 0.29) is 42.6 Å². The molecule has 1 aromatic rings. The molecule has 0 radical (unpaired) electrons. The fourth-order valence-corrected chi connectivity index (χ4v) is 2.75. The van der Waals surface area contributed by atoms with Gasteiger partial charge in [0.15, 0.2) is 0 Å². The number of alkyl halides is 3. The zero-order valence-corrected chi connectivity index (χ0v) is 17.6. The predicted molar refractivity (Wildman–Crippen MR) is 102 cm³/mol. The average Bonchev–Trinajstić information content (AvgIpc) is 2.68. The molecule has 0 aliphatic carbocycles. The van der Waals surface area contributed by atoms with Gasteiger partial charge in [0, 0.05) is 13.0 Å². The number of anilines is 1. The lowest BCUT2D eigenvalue weighted by Gasteiger charge is -2.27. The van der Waals surface area contributed by atoms with Gasteiger partial charge >= 0.3 is 24.2 Å². The standard InChI is InChI=1S/C20H26F3NO6/c1-6-13-10-14(18(26)29-5)16(11-15(13)20(21,22)23)24(19(27)30-12(2)3)9-7-8-17(25)28-4/h10-12H,6-9H2,1-5H3. The number of benzene rings is 1.